The van der Waals surface area contributed by atoms with Crippen LogP contribution in [0.4, 0.5) is 5.69 Å². The molecule has 1 N–H and O–H groups in total. The van der Waals surface area contributed by atoms with Gasteiger partial charge in [-0.2, -0.15) is 0 Å². The van der Waals surface area contributed by atoms with Gasteiger partial charge in [0.2, 0.25) is 0 Å². The lowest BCUT2D eigenvalue weighted by atomic mass is 10.1. The molecule has 5 heteroatoms. The van der Waals surface area contributed by atoms with Crippen LogP contribution in [0.15, 0.2) is 18.2 Å². The Kier molecular flexibility index (Phi) is 3.74. The van der Waals surface area contributed by atoms with Crippen molar-refractivity contribution >= 4 is 17.5 Å². The summed E-state index contributed by atoms with van der Waals surface area (Å²) in [5, 5.41) is 2.83. The summed E-state index contributed by atoms with van der Waals surface area (Å²) in [6, 6.07) is 5.22. The minimum atomic E-state index is -0.146. The normalized spacial score (nSPS) is 14.1. The zero-order chi connectivity index (χ0) is 14.0. The largest absolute Gasteiger partial charge is 0.482 e. The molecule has 0 radical (unpaired) electrons. The molecule has 0 aromatic heterocycles. The van der Waals surface area contributed by atoms with Gasteiger partial charge in [0.05, 0.1) is 5.69 Å². The molecule has 1 aliphatic rings. The Labute approximate surface area is 112 Å². The molecule has 19 heavy (non-hydrogen) atoms. The molecule has 0 atom stereocenters. The standard InChI is InChI=1S/C14H18N2O3/c1-4-16-11-7-10(14(18)15-9(2)3)5-6-12(11)19-8-13(16)17/h5-7,9H,4,8H2,1-3H3,(H,15,18). The van der Waals surface area contributed by atoms with E-state index in [-0.39, 0.29) is 24.5 Å². The fraction of sp³-hybridized carbons (Fsp3) is 0.429. The first-order valence-electron chi connectivity index (χ1n) is 6.41. The number of anilines is 1. The van der Waals surface area contributed by atoms with Crippen molar-refractivity contribution in [3.63, 3.8) is 0 Å². The van der Waals surface area contributed by atoms with Gasteiger partial charge in [-0.25, -0.2) is 0 Å². The minimum Gasteiger partial charge on any atom is -0.482 e. The first-order chi connectivity index (χ1) is 9.02. The molecule has 1 aliphatic heterocycles. The average molecular weight is 262 g/mol. The number of amides is 2. The van der Waals surface area contributed by atoms with Crippen LogP contribution < -0.4 is 15.0 Å². The third-order valence-corrected chi connectivity index (χ3v) is 2.90. The monoisotopic (exact) mass is 262 g/mol. The van der Waals surface area contributed by atoms with Crippen LogP contribution in [-0.2, 0) is 4.79 Å². The van der Waals surface area contributed by atoms with E-state index < -0.39 is 0 Å². The summed E-state index contributed by atoms with van der Waals surface area (Å²) < 4.78 is 5.36. The number of ether oxygens (including phenoxy) is 1. The maximum Gasteiger partial charge on any atom is 0.265 e. The summed E-state index contributed by atoms with van der Waals surface area (Å²) in [6.45, 7) is 6.32. The number of nitrogens with one attached hydrogen (secondary N) is 1. The highest BCUT2D eigenvalue weighted by Gasteiger charge is 2.25. The second-order valence-corrected chi connectivity index (χ2v) is 4.74. The summed E-state index contributed by atoms with van der Waals surface area (Å²) in [5.74, 6) is 0.408. The second-order valence-electron chi connectivity index (χ2n) is 4.74. The zero-order valence-corrected chi connectivity index (χ0v) is 11.4. The first kappa shape index (κ1) is 13.4. The summed E-state index contributed by atoms with van der Waals surface area (Å²) >= 11 is 0. The smallest absolute Gasteiger partial charge is 0.265 e. The van der Waals surface area contributed by atoms with E-state index in [0.29, 0.717) is 23.5 Å². The predicted molar refractivity (Wildman–Crippen MR) is 72.6 cm³/mol. The highest BCUT2D eigenvalue weighted by molar-refractivity contribution is 6.01. The molecule has 0 saturated carbocycles. The number of hydrogen-bond acceptors (Lipinski definition) is 3. The van der Waals surface area contributed by atoms with Crippen LogP contribution in [0.5, 0.6) is 5.75 Å². The summed E-state index contributed by atoms with van der Waals surface area (Å²) in [5.41, 5.74) is 1.19. The molecular formula is C14H18N2O3. The van der Waals surface area contributed by atoms with E-state index in [1.807, 2.05) is 20.8 Å². The van der Waals surface area contributed by atoms with Crippen LogP contribution in [0.3, 0.4) is 0 Å². The molecule has 1 heterocycles. The number of carbonyl (C=O) groups excluding carboxylic acids is 2. The van der Waals surface area contributed by atoms with Gasteiger partial charge in [-0.3, -0.25) is 9.59 Å². The maximum atomic E-state index is 12.0. The minimum absolute atomic E-state index is 0.0539. The molecule has 0 spiro atoms. The molecule has 0 saturated heterocycles. The SMILES string of the molecule is CCN1C(=O)COc2ccc(C(=O)NC(C)C)cc21. The number of hydrogen-bond donors (Lipinski definition) is 1. The van der Waals surface area contributed by atoms with Gasteiger partial charge in [-0.15, -0.1) is 0 Å². The van der Waals surface area contributed by atoms with Gasteiger partial charge in [-0.05, 0) is 39.0 Å². The van der Waals surface area contributed by atoms with Crippen molar-refractivity contribution in [3.05, 3.63) is 23.8 Å². The Hall–Kier alpha value is -2.04. The lowest BCUT2D eigenvalue weighted by molar-refractivity contribution is -0.121. The molecular weight excluding hydrogens is 244 g/mol. The Morgan fingerprint density at radius 3 is 2.84 bits per heavy atom. The fourth-order valence-electron chi connectivity index (χ4n) is 2.04. The first-order valence-corrected chi connectivity index (χ1v) is 6.41. The van der Waals surface area contributed by atoms with Crippen LogP contribution >= 0.6 is 0 Å². The van der Waals surface area contributed by atoms with Crippen molar-refractivity contribution in [2.45, 2.75) is 26.8 Å². The van der Waals surface area contributed by atoms with Gasteiger partial charge >= 0.3 is 0 Å². The summed E-state index contributed by atoms with van der Waals surface area (Å²) in [7, 11) is 0. The van der Waals surface area contributed by atoms with Crippen molar-refractivity contribution in [1.29, 1.82) is 0 Å². The van der Waals surface area contributed by atoms with Gasteiger partial charge < -0.3 is 15.0 Å². The Balaban J connectivity index is 2.34. The van der Waals surface area contributed by atoms with Crippen LogP contribution in [0.2, 0.25) is 0 Å². The van der Waals surface area contributed by atoms with Crippen LogP contribution in [0.1, 0.15) is 31.1 Å². The van der Waals surface area contributed by atoms with Crippen LogP contribution in [0.25, 0.3) is 0 Å². The van der Waals surface area contributed by atoms with Crippen LogP contribution in [0, 0.1) is 0 Å². The van der Waals surface area contributed by atoms with E-state index in [0.717, 1.165) is 0 Å². The number of carbonyl (C=O) groups is 2. The molecule has 0 fully saturated rings. The van der Waals surface area contributed by atoms with Gasteiger partial charge in [0.1, 0.15) is 5.75 Å². The molecule has 0 bridgehead atoms. The number of nitrogens with zero attached hydrogens (tertiary/aromatic N) is 1. The van der Waals surface area contributed by atoms with Crippen molar-refractivity contribution < 1.29 is 14.3 Å². The lowest BCUT2D eigenvalue weighted by Crippen LogP contribution is -2.39. The molecule has 5 nitrogen and oxygen atoms in total. The van der Waals surface area contributed by atoms with E-state index in [1.165, 1.54) is 0 Å². The Morgan fingerprint density at radius 2 is 2.21 bits per heavy atom. The quantitative estimate of drug-likeness (QED) is 0.899. The van der Waals surface area contributed by atoms with E-state index in [9.17, 15) is 9.59 Å². The van der Waals surface area contributed by atoms with Gasteiger partial charge in [0, 0.05) is 18.2 Å². The predicted octanol–water partition coefficient (Wildman–Crippen LogP) is 1.57. The molecule has 2 amide bonds. The number of benzene rings is 1. The third-order valence-electron chi connectivity index (χ3n) is 2.90. The highest BCUT2D eigenvalue weighted by atomic mass is 16.5. The molecule has 0 unspecified atom stereocenters. The second kappa shape index (κ2) is 5.30. The Bertz CT molecular complexity index is 511. The molecule has 2 rings (SSSR count). The number of rotatable bonds is 3. The van der Waals surface area contributed by atoms with Gasteiger partial charge in [0.15, 0.2) is 6.61 Å². The van der Waals surface area contributed by atoms with E-state index >= 15 is 0 Å². The summed E-state index contributed by atoms with van der Waals surface area (Å²) in [6.07, 6.45) is 0. The molecule has 1 aromatic rings. The third kappa shape index (κ3) is 2.70. The summed E-state index contributed by atoms with van der Waals surface area (Å²) in [4.78, 5) is 25.3. The van der Waals surface area contributed by atoms with E-state index in [1.54, 1.807) is 23.1 Å². The Morgan fingerprint density at radius 1 is 1.47 bits per heavy atom. The van der Waals surface area contributed by atoms with Gasteiger partial charge in [-0.1, -0.05) is 0 Å². The zero-order valence-electron chi connectivity index (χ0n) is 11.4. The van der Waals surface area contributed by atoms with Crippen molar-refractivity contribution in [1.82, 2.24) is 5.32 Å². The maximum absolute atomic E-state index is 12.0. The molecule has 1 aromatic carbocycles. The number of likely N-dealkylation sites (N-methyl/N-ethyl adjacent to an activating group) is 1. The molecule has 0 aliphatic carbocycles. The average Bonchev–Trinajstić information content (AvgIpc) is 2.37. The van der Waals surface area contributed by atoms with Crippen molar-refractivity contribution in [2.75, 3.05) is 18.1 Å². The van der Waals surface area contributed by atoms with Crippen molar-refractivity contribution in [3.8, 4) is 5.75 Å². The van der Waals surface area contributed by atoms with Crippen molar-refractivity contribution in [2.24, 2.45) is 0 Å². The molecule has 102 valence electrons. The van der Waals surface area contributed by atoms with Crippen LogP contribution in [-0.4, -0.2) is 31.0 Å². The topological polar surface area (TPSA) is 58.6 Å². The van der Waals surface area contributed by atoms with E-state index in [2.05, 4.69) is 5.32 Å². The highest BCUT2D eigenvalue weighted by Crippen LogP contribution is 2.32. The lowest BCUT2D eigenvalue weighted by Gasteiger charge is -2.28. The number of fused-ring (bicyclic) bond motifs is 1. The van der Waals surface area contributed by atoms with E-state index in [4.69, 9.17) is 4.74 Å². The fourth-order valence-corrected chi connectivity index (χ4v) is 2.04. The van der Waals surface area contributed by atoms with Gasteiger partial charge in [0.25, 0.3) is 11.8 Å².